The van der Waals surface area contributed by atoms with Crippen LogP contribution in [0, 0.1) is 6.92 Å². The molecule has 0 aliphatic carbocycles. The van der Waals surface area contributed by atoms with Crippen molar-refractivity contribution >= 4 is 33.6 Å². The molecule has 1 rings (SSSR count). The van der Waals surface area contributed by atoms with E-state index >= 15 is 0 Å². The number of carbonyl (C=O) groups excluding carboxylic acids is 1. The van der Waals surface area contributed by atoms with E-state index in [9.17, 15) is 9.59 Å². The van der Waals surface area contributed by atoms with Crippen LogP contribution in [0.4, 0.5) is 10.5 Å². The SMILES string of the molecule is Cc1cc(NC(=O)N(CCC(=O)O)C(C)C)ccc1Br. The quantitative estimate of drug-likeness (QED) is 0.860. The van der Waals surface area contributed by atoms with Crippen molar-refractivity contribution in [2.45, 2.75) is 33.2 Å². The van der Waals surface area contributed by atoms with Crippen molar-refractivity contribution in [1.29, 1.82) is 0 Å². The van der Waals surface area contributed by atoms with Crippen LogP contribution in [0.5, 0.6) is 0 Å². The van der Waals surface area contributed by atoms with Gasteiger partial charge in [-0.05, 0) is 44.5 Å². The number of anilines is 1. The molecule has 0 aliphatic rings. The third-order valence-electron chi connectivity index (χ3n) is 2.86. The van der Waals surface area contributed by atoms with Gasteiger partial charge in [0.05, 0.1) is 6.42 Å². The van der Waals surface area contributed by atoms with Gasteiger partial charge >= 0.3 is 12.0 Å². The Morgan fingerprint density at radius 1 is 1.40 bits per heavy atom. The summed E-state index contributed by atoms with van der Waals surface area (Å²) in [5, 5.41) is 11.5. The number of benzene rings is 1. The molecule has 0 bridgehead atoms. The number of carbonyl (C=O) groups is 2. The monoisotopic (exact) mass is 342 g/mol. The van der Waals surface area contributed by atoms with Crippen LogP contribution in [-0.2, 0) is 4.79 Å². The second kappa shape index (κ2) is 7.28. The number of hydrogen-bond acceptors (Lipinski definition) is 2. The zero-order valence-electron chi connectivity index (χ0n) is 11.8. The number of carboxylic acid groups (broad SMARTS) is 1. The van der Waals surface area contributed by atoms with E-state index in [2.05, 4.69) is 21.2 Å². The maximum absolute atomic E-state index is 12.2. The lowest BCUT2D eigenvalue weighted by Crippen LogP contribution is -2.41. The van der Waals surface area contributed by atoms with E-state index in [1.54, 1.807) is 6.07 Å². The number of nitrogens with zero attached hydrogens (tertiary/aromatic N) is 1. The third kappa shape index (κ3) is 4.85. The summed E-state index contributed by atoms with van der Waals surface area (Å²) in [5.74, 6) is -0.914. The largest absolute Gasteiger partial charge is 0.481 e. The second-order valence-electron chi connectivity index (χ2n) is 4.82. The Morgan fingerprint density at radius 2 is 2.05 bits per heavy atom. The topological polar surface area (TPSA) is 69.6 Å². The minimum Gasteiger partial charge on any atom is -0.481 e. The molecular weight excluding hydrogens is 324 g/mol. The van der Waals surface area contributed by atoms with Gasteiger partial charge in [-0.2, -0.15) is 0 Å². The predicted octanol–water partition coefficient (Wildman–Crippen LogP) is 3.47. The summed E-state index contributed by atoms with van der Waals surface area (Å²) in [6, 6.07) is 5.17. The van der Waals surface area contributed by atoms with Crippen LogP contribution in [-0.4, -0.2) is 34.6 Å². The van der Waals surface area contributed by atoms with Gasteiger partial charge in [0.2, 0.25) is 0 Å². The van der Waals surface area contributed by atoms with Crippen LogP contribution in [0.3, 0.4) is 0 Å². The molecular formula is C14H19BrN2O3. The van der Waals surface area contributed by atoms with Crippen LogP contribution >= 0.6 is 15.9 Å². The third-order valence-corrected chi connectivity index (χ3v) is 3.75. The Labute approximate surface area is 127 Å². The lowest BCUT2D eigenvalue weighted by Gasteiger charge is -2.26. The number of amides is 2. The Bertz CT molecular complexity index is 503. The maximum Gasteiger partial charge on any atom is 0.322 e. The summed E-state index contributed by atoms with van der Waals surface area (Å²) < 4.78 is 0.974. The van der Waals surface area contributed by atoms with E-state index in [-0.39, 0.29) is 25.0 Å². The molecule has 0 aliphatic heterocycles. The van der Waals surface area contributed by atoms with Crippen LogP contribution in [0.2, 0.25) is 0 Å². The smallest absolute Gasteiger partial charge is 0.322 e. The first kappa shape index (κ1) is 16.5. The Balaban J connectivity index is 2.74. The fraction of sp³-hybridized carbons (Fsp3) is 0.429. The van der Waals surface area contributed by atoms with Crippen LogP contribution in [0.15, 0.2) is 22.7 Å². The number of aliphatic carboxylic acids is 1. The summed E-state index contributed by atoms with van der Waals surface area (Å²) in [5.41, 5.74) is 1.71. The highest BCUT2D eigenvalue weighted by Crippen LogP contribution is 2.20. The molecule has 0 unspecified atom stereocenters. The van der Waals surface area contributed by atoms with Gasteiger partial charge in [0.25, 0.3) is 0 Å². The van der Waals surface area contributed by atoms with Crippen LogP contribution < -0.4 is 5.32 Å². The highest BCUT2D eigenvalue weighted by atomic mass is 79.9. The molecule has 0 aromatic heterocycles. The van der Waals surface area contributed by atoms with Gasteiger partial charge in [0.1, 0.15) is 0 Å². The van der Waals surface area contributed by atoms with Crippen molar-refractivity contribution in [1.82, 2.24) is 4.90 Å². The van der Waals surface area contributed by atoms with E-state index < -0.39 is 5.97 Å². The maximum atomic E-state index is 12.2. The average Bonchev–Trinajstić information content (AvgIpc) is 2.33. The van der Waals surface area contributed by atoms with Gasteiger partial charge in [0.15, 0.2) is 0 Å². The zero-order chi connectivity index (χ0) is 15.3. The summed E-state index contributed by atoms with van der Waals surface area (Å²) in [6.45, 7) is 5.83. The van der Waals surface area contributed by atoms with Gasteiger partial charge in [-0.15, -0.1) is 0 Å². The number of hydrogen-bond donors (Lipinski definition) is 2. The summed E-state index contributed by atoms with van der Waals surface area (Å²) >= 11 is 3.40. The molecule has 2 amide bonds. The Kier molecular flexibility index (Phi) is 6.01. The fourth-order valence-corrected chi connectivity index (χ4v) is 1.97. The molecule has 0 fully saturated rings. The molecule has 6 heteroatoms. The van der Waals surface area contributed by atoms with Crippen LogP contribution in [0.1, 0.15) is 25.8 Å². The van der Waals surface area contributed by atoms with E-state index in [1.807, 2.05) is 32.9 Å². The minimum atomic E-state index is -0.914. The van der Waals surface area contributed by atoms with E-state index in [0.29, 0.717) is 5.69 Å². The molecule has 0 saturated carbocycles. The van der Waals surface area contributed by atoms with Gasteiger partial charge < -0.3 is 15.3 Å². The number of aryl methyl sites for hydroxylation is 1. The zero-order valence-corrected chi connectivity index (χ0v) is 13.4. The molecule has 0 saturated heterocycles. The van der Waals surface area contributed by atoms with E-state index in [1.165, 1.54) is 4.90 Å². The van der Waals surface area contributed by atoms with Crippen molar-refractivity contribution in [3.63, 3.8) is 0 Å². The molecule has 1 aromatic rings. The molecule has 110 valence electrons. The predicted molar refractivity (Wildman–Crippen MR) is 82.0 cm³/mol. The number of carboxylic acids is 1. The van der Waals surface area contributed by atoms with Gasteiger partial charge in [-0.25, -0.2) is 4.79 Å². The molecule has 5 nitrogen and oxygen atoms in total. The lowest BCUT2D eigenvalue weighted by atomic mass is 10.2. The number of nitrogens with one attached hydrogen (secondary N) is 1. The van der Waals surface area contributed by atoms with Crippen molar-refractivity contribution in [3.8, 4) is 0 Å². The van der Waals surface area contributed by atoms with Crippen LogP contribution in [0.25, 0.3) is 0 Å². The van der Waals surface area contributed by atoms with Crippen molar-refractivity contribution in [2.75, 3.05) is 11.9 Å². The van der Waals surface area contributed by atoms with E-state index in [4.69, 9.17) is 5.11 Å². The molecule has 0 atom stereocenters. The first-order valence-electron chi connectivity index (χ1n) is 6.37. The Hall–Kier alpha value is -1.56. The fourth-order valence-electron chi connectivity index (χ4n) is 1.73. The molecule has 20 heavy (non-hydrogen) atoms. The van der Waals surface area contributed by atoms with E-state index in [0.717, 1.165) is 10.0 Å². The van der Waals surface area contributed by atoms with Gasteiger partial charge in [0, 0.05) is 22.7 Å². The molecule has 1 aromatic carbocycles. The normalized spacial score (nSPS) is 10.4. The molecule has 0 spiro atoms. The van der Waals surface area contributed by atoms with Crippen molar-refractivity contribution in [3.05, 3.63) is 28.2 Å². The summed E-state index contributed by atoms with van der Waals surface area (Å²) in [4.78, 5) is 24.3. The first-order valence-corrected chi connectivity index (χ1v) is 7.16. The summed E-state index contributed by atoms with van der Waals surface area (Å²) in [6.07, 6.45) is -0.0645. The van der Waals surface area contributed by atoms with Gasteiger partial charge in [-0.1, -0.05) is 15.9 Å². The highest BCUT2D eigenvalue weighted by molar-refractivity contribution is 9.10. The molecule has 0 radical (unpaired) electrons. The molecule has 0 heterocycles. The number of rotatable bonds is 5. The summed E-state index contributed by atoms with van der Waals surface area (Å²) in [7, 11) is 0. The standard InChI is InChI=1S/C14H19BrN2O3/c1-9(2)17(7-6-13(18)19)14(20)16-11-4-5-12(15)10(3)8-11/h4-5,8-9H,6-7H2,1-3H3,(H,16,20)(H,18,19). The lowest BCUT2D eigenvalue weighted by molar-refractivity contribution is -0.137. The highest BCUT2D eigenvalue weighted by Gasteiger charge is 2.18. The number of urea groups is 1. The number of halogens is 1. The Morgan fingerprint density at radius 3 is 2.55 bits per heavy atom. The van der Waals surface area contributed by atoms with Crippen molar-refractivity contribution in [2.24, 2.45) is 0 Å². The molecule has 2 N–H and O–H groups in total. The van der Waals surface area contributed by atoms with Crippen molar-refractivity contribution < 1.29 is 14.7 Å². The minimum absolute atomic E-state index is 0.0640. The van der Waals surface area contributed by atoms with Gasteiger partial charge in [-0.3, -0.25) is 4.79 Å². The first-order chi connectivity index (χ1) is 9.31. The second-order valence-corrected chi connectivity index (χ2v) is 5.68. The average molecular weight is 343 g/mol.